The number of fused-ring (bicyclic) bond motifs is 2. The highest BCUT2D eigenvalue weighted by molar-refractivity contribution is 7.92. The van der Waals surface area contributed by atoms with Crippen molar-refractivity contribution in [3.63, 3.8) is 0 Å². The topological polar surface area (TPSA) is 116 Å². The standard InChI is InChI=1S/C24H16N2O5S2/c27-23(28)15-5-3-4-14(12-15)17-9-11-20(19-7-2-1-6-18(17)19)26-33(30,31)16-8-10-21-22(13-16)32-24(29)25-21/h1-13,26H,(H,25,29)(H,27,28). The van der Waals surface area contributed by atoms with E-state index in [9.17, 15) is 23.1 Å². The molecular formula is C24H16N2O5S2. The van der Waals surface area contributed by atoms with E-state index in [-0.39, 0.29) is 15.3 Å². The monoisotopic (exact) mass is 476 g/mol. The molecule has 7 nitrogen and oxygen atoms in total. The zero-order valence-corrected chi connectivity index (χ0v) is 18.5. The van der Waals surface area contributed by atoms with E-state index >= 15 is 0 Å². The number of anilines is 1. The maximum absolute atomic E-state index is 13.1. The molecular weight excluding hydrogens is 460 g/mol. The minimum Gasteiger partial charge on any atom is -0.478 e. The summed E-state index contributed by atoms with van der Waals surface area (Å²) in [7, 11) is -3.92. The summed E-state index contributed by atoms with van der Waals surface area (Å²) in [6.07, 6.45) is 0. The van der Waals surface area contributed by atoms with Gasteiger partial charge >= 0.3 is 10.8 Å². The van der Waals surface area contributed by atoms with Crippen LogP contribution in [0.25, 0.3) is 32.1 Å². The lowest BCUT2D eigenvalue weighted by Crippen LogP contribution is -2.13. The highest BCUT2D eigenvalue weighted by Gasteiger charge is 2.18. The number of thiazole rings is 1. The molecule has 9 heteroatoms. The molecule has 5 rings (SSSR count). The summed E-state index contributed by atoms with van der Waals surface area (Å²) in [5.74, 6) is -1.02. The third-order valence-electron chi connectivity index (χ3n) is 5.29. The minimum absolute atomic E-state index is 0.0487. The number of carboxylic acid groups (broad SMARTS) is 1. The molecule has 0 radical (unpaired) electrons. The second-order valence-electron chi connectivity index (χ2n) is 7.37. The Morgan fingerprint density at radius 3 is 2.48 bits per heavy atom. The summed E-state index contributed by atoms with van der Waals surface area (Å²) < 4.78 is 29.4. The number of benzene rings is 4. The molecule has 164 valence electrons. The summed E-state index contributed by atoms with van der Waals surface area (Å²) in [5.41, 5.74) is 2.65. The van der Waals surface area contributed by atoms with Gasteiger partial charge in [-0.3, -0.25) is 9.52 Å². The first kappa shape index (κ1) is 20.9. The van der Waals surface area contributed by atoms with Crippen molar-refractivity contribution in [2.24, 2.45) is 0 Å². The van der Waals surface area contributed by atoms with Gasteiger partial charge in [0.2, 0.25) is 0 Å². The SMILES string of the molecule is O=C(O)c1cccc(-c2ccc(NS(=O)(=O)c3ccc4[nH]c(=O)sc4c3)c3ccccc23)c1. The van der Waals surface area contributed by atoms with E-state index in [0.29, 0.717) is 26.9 Å². The molecule has 0 bridgehead atoms. The molecule has 1 aromatic heterocycles. The lowest BCUT2D eigenvalue weighted by atomic mass is 9.96. The van der Waals surface area contributed by atoms with Crippen LogP contribution in [0.3, 0.4) is 0 Å². The van der Waals surface area contributed by atoms with Crippen LogP contribution in [0, 0.1) is 0 Å². The summed E-state index contributed by atoms with van der Waals surface area (Å²) in [4.78, 5) is 25.4. The van der Waals surface area contributed by atoms with Gasteiger partial charge in [-0.25, -0.2) is 13.2 Å². The Balaban J connectivity index is 1.59. The predicted octanol–water partition coefficient (Wildman–Crippen LogP) is 4.91. The third-order valence-corrected chi connectivity index (χ3v) is 7.50. The Labute approximate surface area is 192 Å². The molecule has 1 heterocycles. The molecule has 0 fully saturated rings. The van der Waals surface area contributed by atoms with Crippen LogP contribution in [0.4, 0.5) is 5.69 Å². The lowest BCUT2D eigenvalue weighted by molar-refractivity contribution is 0.0697. The first-order valence-electron chi connectivity index (χ1n) is 9.83. The fourth-order valence-electron chi connectivity index (χ4n) is 3.76. The van der Waals surface area contributed by atoms with Gasteiger partial charge in [-0.1, -0.05) is 53.8 Å². The fraction of sp³-hybridized carbons (Fsp3) is 0. The Kier molecular flexibility index (Phi) is 4.99. The van der Waals surface area contributed by atoms with Crippen LogP contribution in [0.2, 0.25) is 0 Å². The molecule has 3 N–H and O–H groups in total. The Bertz CT molecular complexity index is 1720. The van der Waals surface area contributed by atoms with Gasteiger partial charge in [0.15, 0.2) is 0 Å². The number of nitrogens with one attached hydrogen (secondary N) is 2. The Morgan fingerprint density at radius 2 is 1.70 bits per heavy atom. The van der Waals surface area contributed by atoms with Gasteiger partial charge < -0.3 is 10.1 Å². The van der Waals surface area contributed by atoms with E-state index in [2.05, 4.69) is 9.71 Å². The predicted molar refractivity (Wildman–Crippen MR) is 130 cm³/mol. The maximum atomic E-state index is 13.1. The van der Waals surface area contributed by atoms with Gasteiger partial charge in [-0.15, -0.1) is 0 Å². The van der Waals surface area contributed by atoms with Gasteiger partial charge in [0.05, 0.1) is 26.4 Å². The van der Waals surface area contributed by atoms with Crippen LogP contribution in [-0.4, -0.2) is 24.5 Å². The molecule has 33 heavy (non-hydrogen) atoms. The van der Waals surface area contributed by atoms with Gasteiger partial charge in [0.1, 0.15) is 0 Å². The van der Waals surface area contributed by atoms with Crippen molar-refractivity contribution < 1.29 is 18.3 Å². The first-order chi connectivity index (χ1) is 15.8. The summed E-state index contributed by atoms with van der Waals surface area (Å²) >= 11 is 0.949. The molecule has 0 spiro atoms. The van der Waals surface area contributed by atoms with Gasteiger partial charge in [0.25, 0.3) is 10.0 Å². The third kappa shape index (κ3) is 3.88. The van der Waals surface area contributed by atoms with Gasteiger partial charge in [-0.05, 0) is 52.9 Å². The summed E-state index contributed by atoms with van der Waals surface area (Å²) in [6.45, 7) is 0. The van der Waals surface area contributed by atoms with Crippen LogP contribution < -0.4 is 9.60 Å². The highest BCUT2D eigenvalue weighted by Crippen LogP contribution is 2.35. The average molecular weight is 477 g/mol. The number of aromatic carboxylic acids is 1. The van der Waals surface area contributed by atoms with Crippen LogP contribution in [0.15, 0.2) is 88.6 Å². The number of carboxylic acids is 1. The highest BCUT2D eigenvalue weighted by atomic mass is 32.2. The number of aromatic amines is 1. The molecule has 0 atom stereocenters. The first-order valence-corrected chi connectivity index (χ1v) is 12.1. The summed E-state index contributed by atoms with van der Waals surface area (Å²) in [6, 6.07) is 21.8. The second-order valence-corrected chi connectivity index (χ2v) is 10.1. The van der Waals surface area contributed by atoms with E-state index in [1.54, 1.807) is 42.5 Å². The molecule has 0 aliphatic heterocycles. The smallest absolute Gasteiger partial charge is 0.335 e. The van der Waals surface area contributed by atoms with E-state index in [0.717, 1.165) is 22.3 Å². The van der Waals surface area contributed by atoms with Crippen LogP contribution in [0.1, 0.15) is 10.4 Å². The average Bonchev–Trinajstić information content (AvgIpc) is 3.18. The van der Waals surface area contributed by atoms with Crippen molar-refractivity contribution in [2.45, 2.75) is 4.90 Å². The molecule has 4 aromatic carbocycles. The quantitative estimate of drug-likeness (QED) is 0.333. The molecule has 0 amide bonds. The number of hydrogen-bond acceptors (Lipinski definition) is 5. The normalized spacial score (nSPS) is 11.6. The number of sulfonamides is 1. The van der Waals surface area contributed by atoms with Crippen molar-refractivity contribution in [3.8, 4) is 11.1 Å². The zero-order chi connectivity index (χ0) is 23.2. The number of carbonyl (C=O) groups is 1. The molecule has 0 unspecified atom stereocenters. The molecule has 0 aliphatic carbocycles. The number of H-pyrrole nitrogens is 1. The van der Waals surface area contributed by atoms with Crippen LogP contribution >= 0.6 is 11.3 Å². The Hall–Kier alpha value is -3.95. The van der Waals surface area contributed by atoms with Gasteiger partial charge in [-0.2, -0.15) is 0 Å². The van der Waals surface area contributed by atoms with Crippen molar-refractivity contribution in [3.05, 3.63) is 94.1 Å². The number of aromatic nitrogens is 1. The van der Waals surface area contributed by atoms with Crippen molar-refractivity contribution in [2.75, 3.05) is 4.72 Å². The van der Waals surface area contributed by atoms with E-state index in [1.165, 1.54) is 18.2 Å². The molecule has 0 saturated carbocycles. The minimum atomic E-state index is -3.92. The van der Waals surface area contributed by atoms with Crippen molar-refractivity contribution in [1.29, 1.82) is 0 Å². The largest absolute Gasteiger partial charge is 0.478 e. The van der Waals surface area contributed by atoms with Crippen LogP contribution in [0.5, 0.6) is 0 Å². The Morgan fingerprint density at radius 1 is 0.909 bits per heavy atom. The van der Waals surface area contributed by atoms with Gasteiger partial charge in [0, 0.05) is 5.39 Å². The van der Waals surface area contributed by atoms with Crippen molar-refractivity contribution >= 4 is 54.0 Å². The molecule has 0 saturated heterocycles. The van der Waals surface area contributed by atoms with E-state index in [1.807, 2.05) is 18.2 Å². The summed E-state index contributed by atoms with van der Waals surface area (Å²) in [5, 5.41) is 10.8. The van der Waals surface area contributed by atoms with E-state index < -0.39 is 16.0 Å². The van der Waals surface area contributed by atoms with E-state index in [4.69, 9.17) is 0 Å². The fourth-order valence-corrected chi connectivity index (χ4v) is 5.71. The van der Waals surface area contributed by atoms with Crippen LogP contribution in [-0.2, 0) is 10.0 Å². The van der Waals surface area contributed by atoms with Crippen molar-refractivity contribution in [1.82, 2.24) is 4.98 Å². The zero-order valence-electron chi connectivity index (χ0n) is 16.9. The molecule has 0 aliphatic rings. The number of rotatable bonds is 5. The number of hydrogen-bond donors (Lipinski definition) is 3. The maximum Gasteiger partial charge on any atom is 0.335 e. The second kappa shape index (κ2) is 7.88. The molecule has 5 aromatic rings. The lowest BCUT2D eigenvalue weighted by Gasteiger charge is -2.14.